The molecule has 1 rings (SSSR count). The van der Waals surface area contributed by atoms with Gasteiger partial charge >= 0.3 is 0 Å². The Kier molecular flexibility index (Phi) is 5.56. The van der Waals surface area contributed by atoms with Crippen molar-refractivity contribution in [2.45, 2.75) is 38.4 Å². The van der Waals surface area contributed by atoms with Gasteiger partial charge in [-0.15, -0.1) is 0 Å². The third kappa shape index (κ3) is 3.93. The highest BCUT2D eigenvalue weighted by molar-refractivity contribution is 6.31. The molecule has 0 saturated heterocycles. The Labute approximate surface area is 118 Å². The van der Waals surface area contributed by atoms with Crippen molar-refractivity contribution in [3.05, 3.63) is 38.9 Å². The molecule has 7 heteroatoms. The van der Waals surface area contributed by atoms with Gasteiger partial charge in [0.05, 0.1) is 26.7 Å². The van der Waals surface area contributed by atoms with Gasteiger partial charge in [0.25, 0.3) is 5.69 Å². The fraction of sp³-hybridized carbons (Fsp3) is 0.500. The summed E-state index contributed by atoms with van der Waals surface area (Å²) in [6.07, 6.45) is -0.105. The van der Waals surface area contributed by atoms with Gasteiger partial charge in [-0.05, 0) is 26.8 Å². The zero-order chi connectivity index (χ0) is 14.1. The van der Waals surface area contributed by atoms with E-state index in [1.54, 1.807) is 0 Å². The lowest BCUT2D eigenvalue weighted by Gasteiger charge is -2.35. The topological polar surface area (TPSA) is 83.6 Å². The Bertz CT molecular complexity index is 471. The zero-order valence-corrected chi connectivity index (χ0v) is 11.8. The van der Waals surface area contributed by atoms with Crippen molar-refractivity contribution in [2.75, 3.05) is 0 Å². The van der Waals surface area contributed by atoms with Crippen LogP contribution in [0.4, 0.5) is 5.69 Å². The zero-order valence-electron chi connectivity index (χ0n) is 11.1. The summed E-state index contributed by atoms with van der Waals surface area (Å²) in [7, 11) is 0. The van der Waals surface area contributed by atoms with Gasteiger partial charge < -0.3 is 10.2 Å². The van der Waals surface area contributed by atoms with Crippen molar-refractivity contribution >= 4 is 25.7 Å². The van der Waals surface area contributed by atoms with Crippen molar-refractivity contribution < 1.29 is 15.1 Å². The summed E-state index contributed by atoms with van der Waals surface area (Å²) in [6, 6.07) is 4.31. The average Bonchev–Trinajstić information content (AvgIpc) is 2.18. The number of nitro benzene ring substituents is 1. The number of halogens is 1. The Hall–Kier alpha value is -1.11. The average molecular weight is 285 g/mol. The molecule has 0 aliphatic carbocycles. The normalized spacial score (nSPS) is 14.4. The molecule has 103 valence electrons. The fourth-order valence-electron chi connectivity index (χ4n) is 1.45. The minimum Gasteiger partial charge on any atom is -0.387 e. The summed E-state index contributed by atoms with van der Waals surface area (Å²) in [5.41, 5.74) is -2.87. The van der Waals surface area contributed by atoms with Crippen molar-refractivity contribution in [2.24, 2.45) is 0 Å². The van der Waals surface area contributed by atoms with Crippen molar-refractivity contribution in [3.63, 3.8) is 0 Å². The molecule has 1 unspecified atom stereocenters. The number of benzene rings is 1. The van der Waals surface area contributed by atoms with E-state index in [1.807, 2.05) is 0 Å². The van der Waals surface area contributed by atoms with E-state index in [9.17, 15) is 20.3 Å². The Morgan fingerprint density at radius 2 is 1.84 bits per heavy atom. The molecule has 19 heavy (non-hydrogen) atoms. The lowest BCUT2D eigenvalue weighted by Crippen LogP contribution is -2.49. The van der Waals surface area contributed by atoms with Crippen LogP contribution in [0.5, 0.6) is 0 Å². The van der Waals surface area contributed by atoms with E-state index in [4.69, 9.17) is 11.6 Å². The highest BCUT2D eigenvalue weighted by atomic mass is 35.5. The predicted octanol–water partition coefficient (Wildman–Crippen LogP) is 1.93. The maximum Gasteiger partial charge on any atom is 0.274 e. The van der Waals surface area contributed by atoms with Gasteiger partial charge in [-0.3, -0.25) is 10.1 Å². The van der Waals surface area contributed by atoms with Gasteiger partial charge in [0.1, 0.15) is 0 Å². The first-order valence-corrected chi connectivity index (χ1v) is 5.80. The van der Waals surface area contributed by atoms with Crippen LogP contribution >= 0.6 is 11.6 Å². The molecule has 2 N–H and O–H groups in total. The number of hydrogen-bond donors (Lipinski definition) is 2. The van der Waals surface area contributed by atoms with Crippen LogP contribution in [-0.4, -0.2) is 34.8 Å². The third-order valence-electron chi connectivity index (χ3n) is 3.13. The van der Waals surface area contributed by atoms with Gasteiger partial charge in [0.2, 0.25) is 0 Å². The molecule has 0 amide bonds. The van der Waals surface area contributed by atoms with Gasteiger partial charge in [-0.1, -0.05) is 17.7 Å². The van der Waals surface area contributed by atoms with E-state index in [2.05, 4.69) is 0 Å². The summed E-state index contributed by atoms with van der Waals surface area (Å²) in [5, 5.41) is 31.2. The molecule has 0 bridgehead atoms. The van der Waals surface area contributed by atoms with Crippen LogP contribution in [0.2, 0.25) is 5.02 Å². The molecule has 0 spiro atoms. The quantitative estimate of drug-likeness (QED) is 0.503. The van der Waals surface area contributed by atoms with Crippen LogP contribution in [0.1, 0.15) is 26.3 Å². The SMILES string of the molecule is CC(C)(O)C(C)(O)Cc1c(Cl)cccc1[N+](=O)[O-].[B]. The molecule has 3 radical (unpaired) electrons. The summed E-state index contributed by atoms with van der Waals surface area (Å²) >= 11 is 5.93. The summed E-state index contributed by atoms with van der Waals surface area (Å²) in [4.78, 5) is 10.4. The van der Waals surface area contributed by atoms with E-state index >= 15 is 0 Å². The number of hydrogen-bond acceptors (Lipinski definition) is 4. The third-order valence-corrected chi connectivity index (χ3v) is 3.48. The van der Waals surface area contributed by atoms with Crippen LogP contribution in [-0.2, 0) is 6.42 Å². The molecular formula is C12H16BClNO4. The molecule has 1 aromatic rings. The van der Waals surface area contributed by atoms with E-state index in [0.717, 1.165) is 0 Å². The predicted molar refractivity (Wildman–Crippen MR) is 74.5 cm³/mol. The van der Waals surface area contributed by atoms with Gasteiger partial charge in [0.15, 0.2) is 0 Å². The van der Waals surface area contributed by atoms with Gasteiger partial charge in [-0.25, -0.2) is 0 Å². The summed E-state index contributed by atoms with van der Waals surface area (Å²) < 4.78 is 0. The minimum atomic E-state index is -1.53. The fourth-order valence-corrected chi connectivity index (χ4v) is 1.69. The lowest BCUT2D eigenvalue weighted by atomic mass is 9.82. The molecule has 0 aliphatic rings. The van der Waals surface area contributed by atoms with Crippen LogP contribution in [0, 0.1) is 10.1 Å². The molecule has 1 aromatic carbocycles. The minimum absolute atomic E-state index is 0. The first-order chi connectivity index (χ1) is 8.06. The smallest absolute Gasteiger partial charge is 0.274 e. The molecule has 1 atom stereocenters. The second-order valence-electron chi connectivity index (χ2n) is 5.00. The van der Waals surface area contributed by atoms with E-state index in [-0.39, 0.29) is 31.1 Å². The summed E-state index contributed by atoms with van der Waals surface area (Å²) in [5.74, 6) is 0. The van der Waals surface area contributed by atoms with E-state index in [1.165, 1.54) is 39.0 Å². The standard InChI is InChI=1S/C12H16ClNO4.B/c1-11(2,15)12(3,16)7-8-9(13)5-4-6-10(8)14(17)18;/h4-6,15-16H,7H2,1-3H3;. The Morgan fingerprint density at radius 3 is 2.26 bits per heavy atom. The first-order valence-electron chi connectivity index (χ1n) is 5.43. The van der Waals surface area contributed by atoms with Gasteiger partial charge in [-0.2, -0.15) is 0 Å². The van der Waals surface area contributed by atoms with Crippen molar-refractivity contribution in [3.8, 4) is 0 Å². The van der Waals surface area contributed by atoms with Crippen LogP contribution in [0.25, 0.3) is 0 Å². The maximum atomic E-state index is 10.9. The number of aliphatic hydroxyl groups is 2. The van der Waals surface area contributed by atoms with E-state index < -0.39 is 16.1 Å². The second kappa shape index (κ2) is 5.90. The summed E-state index contributed by atoms with van der Waals surface area (Å²) in [6.45, 7) is 4.30. The monoisotopic (exact) mass is 284 g/mol. The van der Waals surface area contributed by atoms with Crippen LogP contribution < -0.4 is 0 Å². The first kappa shape index (κ1) is 17.9. The molecule has 0 aliphatic heterocycles. The molecule has 5 nitrogen and oxygen atoms in total. The van der Waals surface area contributed by atoms with Crippen molar-refractivity contribution in [1.82, 2.24) is 0 Å². The number of rotatable bonds is 4. The largest absolute Gasteiger partial charge is 0.387 e. The molecule has 0 aromatic heterocycles. The number of nitro groups is 1. The second-order valence-corrected chi connectivity index (χ2v) is 5.41. The van der Waals surface area contributed by atoms with Crippen LogP contribution in [0.15, 0.2) is 18.2 Å². The van der Waals surface area contributed by atoms with Crippen LogP contribution in [0.3, 0.4) is 0 Å². The highest BCUT2D eigenvalue weighted by Crippen LogP contribution is 2.33. The lowest BCUT2D eigenvalue weighted by molar-refractivity contribution is -0.385. The molecule has 0 fully saturated rings. The number of nitrogens with zero attached hydrogens (tertiary/aromatic N) is 1. The van der Waals surface area contributed by atoms with Crippen molar-refractivity contribution in [1.29, 1.82) is 0 Å². The highest BCUT2D eigenvalue weighted by Gasteiger charge is 2.39. The maximum absolute atomic E-state index is 10.9. The Balaban J connectivity index is 0.00000324. The molecule has 0 heterocycles. The molecular weight excluding hydrogens is 268 g/mol. The Morgan fingerprint density at radius 1 is 1.32 bits per heavy atom. The molecule has 0 saturated carbocycles. The van der Waals surface area contributed by atoms with E-state index in [0.29, 0.717) is 0 Å². The van der Waals surface area contributed by atoms with Gasteiger partial charge in [0, 0.05) is 20.9 Å².